The van der Waals surface area contributed by atoms with Gasteiger partial charge in [-0.2, -0.15) is 13.2 Å². The summed E-state index contributed by atoms with van der Waals surface area (Å²) >= 11 is 0. The monoisotopic (exact) mass is 462 g/mol. The highest BCUT2D eigenvalue weighted by Crippen LogP contribution is 2.44. The van der Waals surface area contributed by atoms with Gasteiger partial charge in [0.2, 0.25) is 5.91 Å². The van der Waals surface area contributed by atoms with Crippen LogP contribution in [0, 0.1) is 31.5 Å². The predicted molar refractivity (Wildman–Crippen MR) is 122 cm³/mol. The smallest absolute Gasteiger partial charge is 0.364 e. The van der Waals surface area contributed by atoms with E-state index in [-0.39, 0.29) is 5.91 Å². The van der Waals surface area contributed by atoms with Gasteiger partial charge in [0, 0.05) is 30.8 Å². The summed E-state index contributed by atoms with van der Waals surface area (Å²) in [6.07, 6.45) is -0.129. The third-order valence-electron chi connectivity index (χ3n) is 7.00. The molecule has 0 aromatic heterocycles. The van der Waals surface area contributed by atoms with E-state index in [9.17, 15) is 18.0 Å². The largest absolute Gasteiger partial charge is 0.416 e. The van der Waals surface area contributed by atoms with Gasteiger partial charge in [0.15, 0.2) is 5.82 Å². The summed E-state index contributed by atoms with van der Waals surface area (Å²) < 4.78 is 54.4. The number of alkyl halides is 3. The maximum Gasteiger partial charge on any atom is 0.416 e. The zero-order valence-electron chi connectivity index (χ0n) is 19.3. The van der Waals surface area contributed by atoms with Gasteiger partial charge in [-0.3, -0.25) is 4.79 Å². The van der Waals surface area contributed by atoms with Crippen molar-refractivity contribution in [1.82, 2.24) is 0 Å². The molecule has 2 aromatic carbocycles. The summed E-state index contributed by atoms with van der Waals surface area (Å²) in [6, 6.07) is 5.49. The maximum atomic E-state index is 15.4. The minimum Gasteiger partial charge on any atom is -0.364 e. The molecular formula is C26H30F4N2O. The van der Waals surface area contributed by atoms with Gasteiger partial charge in [0.05, 0.1) is 11.3 Å². The molecule has 0 bridgehead atoms. The van der Waals surface area contributed by atoms with Crippen LogP contribution in [0.1, 0.15) is 60.4 Å². The molecule has 2 aliphatic rings. The van der Waals surface area contributed by atoms with Crippen molar-refractivity contribution in [2.24, 2.45) is 11.8 Å². The number of hydrogen-bond acceptors (Lipinski definition) is 2. The predicted octanol–water partition coefficient (Wildman–Crippen LogP) is 6.79. The summed E-state index contributed by atoms with van der Waals surface area (Å²) in [6.45, 7) is 6.42. The Hall–Kier alpha value is -2.57. The molecule has 1 N–H and O–H groups in total. The molecule has 7 heteroatoms. The third kappa shape index (κ3) is 5.02. The van der Waals surface area contributed by atoms with E-state index < -0.39 is 17.6 Å². The van der Waals surface area contributed by atoms with Gasteiger partial charge >= 0.3 is 6.18 Å². The summed E-state index contributed by atoms with van der Waals surface area (Å²) in [5.41, 5.74) is 2.86. The van der Waals surface area contributed by atoms with Crippen LogP contribution in [0.4, 0.5) is 28.9 Å². The Labute approximate surface area is 192 Å². The second-order valence-electron chi connectivity index (χ2n) is 9.48. The fourth-order valence-electron chi connectivity index (χ4n) is 5.01. The molecule has 2 unspecified atom stereocenters. The Bertz CT molecular complexity index is 1060. The van der Waals surface area contributed by atoms with Gasteiger partial charge in [-0.15, -0.1) is 0 Å². The second-order valence-corrected chi connectivity index (χ2v) is 9.48. The van der Waals surface area contributed by atoms with Gasteiger partial charge in [-0.1, -0.05) is 25.8 Å². The van der Waals surface area contributed by atoms with E-state index in [0.29, 0.717) is 60.3 Å². The molecule has 1 amide bonds. The Balaban J connectivity index is 1.49. The van der Waals surface area contributed by atoms with Gasteiger partial charge in [-0.05, 0) is 73.4 Å². The van der Waals surface area contributed by atoms with Crippen LogP contribution in [-0.4, -0.2) is 12.5 Å². The highest BCUT2D eigenvalue weighted by Gasteiger charge is 2.37. The zero-order chi connectivity index (χ0) is 23.9. The van der Waals surface area contributed by atoms with Crippen molar-refractivity contribution < 1.29 is 22.4 Å². The first kappa shape index (κ1) is 23.6. The van der Waals surface area contributed by atoms with Crippen LogP contribution >= 0.6 is 0 Å². The Morgan fingerprint density at radius 1 is 1.15 bits per heavy atom. The highest BCUT2D eigenvalue weighted by molar-refractivity contribution is 5.93. The molecule has 0 spiro atoms. The van der Waals surface area contributed by atoms with Gasteiger partial charge in [0.1, 0.15) is 0 Å². The van der Waals surface area contributed by atoms with E-state index in [1.54, 1.807) is 13.0 Å². The van der Waals surface area contributed by atoms with Crippen LogP contribution in [0.2, 0.25) is 0 Å². The van der Waals surface area contributed by atoms with Crippen LogP contribution in [0.25, 0.3) is 0 Å². The molecule has 2 atom stereocenters. The first-order valence-corrected chi connectivity index (χ1v) is 11.6. The van der Waals surface area contributed by atoms with Crippen LogP contribution in [-0.2, 0) is 23.9 Å². The van der Waals surface area contributed by atoms with E-state index >= 15 is 4.39 Å². The summed E-state index contributed by atoms with van der Waals surface area (Å²) in [5.74, 6) is 0.586. The maximum absolute atomic E-state index is 15.4. The summed E-state index contributed by atoms with van der Waals surface area (Å²) in [5, 5.41) is 2.92. The first-order valence-electron chi connectivity index (χ1n) is 11.6. The van der Waals surface area contributed by atoms with E-state index in [2.05, 4.69) is 12.2 Å². The second kappa shape index (κ2) is 8.99. The lowest BCUT2D eigenvalue weighted by atomic mass is 9.96. The van der Waals surface area contributed by atoms with E-state index in [4.69, 9.17) is 0 Å². The lowest BCUT2D eigenvalue weighted by Gasteiger charge is -2.32. The van der Waals surface area contributed by atoms with E-state index in [0.717, 1.165) is 36.5 Å². The number of fused-ring (bicyclic) bond motifs is 1. The van der Waals surface area contributed by atoms with Crippen molar-refractivity contribution >= 4 is 17.3 Å². The SMILES string of the molecule is CCCC1CC1CC(=O)Nc1c(C)cc(N2CCc3cc(C(F)(F)F)ccc3C2)c(F)c1C. The first-order chi connectivity index (χ1) is 15.6. The van der Waals surface area contributed by atoms with Crippen molar-refractivity contribution in [2.75, 3.05) is 16.8 Å². The average molecular weight is 463 g/mol. The molecule has 1 fully saturated rings. The normalized spacial score (nSPS) is 19.9. The van der Waals surface area contributed by atoms with Gasteiger partial charge < -0.3 is 10.2 Å². The van der Waals surface area contributed by atoms with Gasteiger partial charge in [0.25, 0.3) is 0 Å². The van der Waals surface area contributed by atoms with Crippen LogP contribution < -0.4 is 10.2 Å². The Morgan fingerprint density at radius 2 is 1.91 bits per heavy atom. The lowest BCUT2D eigenvalue weighted by molar-refractivity contribution is -0.137. The van der Waals surface area contributed by atoms with Gasteiger partial charge in [-0.25, -0.2) is 4.39 Å². The average Bonchev–Trinajstić information content (AvgIpc) is 3.49. The molecule has 1 saturated carbocycles. The molecule has 178 valence electrons. The van der Waals surface area contributed by atoms with Crippen molar-refractivity contribution in [3.05, 3.63) is 57.9 Å². The topological polar surface area (TPSA) is 32.3 Å². The Morgan fingerprint density at radius 3 is 2.61 bits per heavy atom. The molecule has 4 rings (SSSR count). The quantitative estimate of drug-likeness (QED) is 0.480. The molecule has 3 nitrogen and oxygen atoms in total. The molecule has 0 saturated heterocycles. The zero-order valence-corrected chi connectivity index (χ0v) is 19.3. The number of hydrogen-bond donors (Lipinski definition) is 1. The van der Waals surface area contributed by atoms with Crippen molar-refractivity contribution in [3.63, 3.8) is 0 Å². The fraction of sp³-hybridized carbons (Fsp3) is 0.500. The van der Waals surface area contributed by atoms with E-state index in [1.165, 1.54) is 12.1 Å². The molecular weight excluding hydrogens is 432 g/mol. The number of amides is 1. The Kier molecular flexibility index (Phi) is 6.43. The van der Waals surface area contributed by atoms with Crippen molar-refractivity contribution in [1.29, 1.82) is 0 Å². The summed E-state index contributed by atoms with van der Waals surface area (Å²) in [7, 11) is 0. The molecule has 2 aromatic rings. The molecule has 1 aliphatic heterocycles. The minimum atomic E-state index is -4.37. The van der Waals surface area contributed by atoms with Crippen LogP contribution in [0.3, 0.4) is 0 Å². The number of benzene rings is 2. The third-order valence-corrected chi connectivity index (χ3v) is 7.00. The molecule has 1 heterocycles. The molecule has 33 heavy (non-hydrogen) atoms. The number of carbonyl (C=O) groups excluding carboxylic acids is 1. The van der Waals surface area contributed by atoms with E-state index in [1.807, 2.05) is 11.8 Å². The highest BCUT2D eigenvalue weighted by atomic mass is 19.4. The standard InChI is InChI=1S/C26H30F4N2O/c1-4-5-17-11-20(17)13-23(33)31-25-15(2)10-22(24(27)16(25)3)32-9-8-18-12-21(26(28,29)30)7-6-19(18)14-32/h6-7,10,12,17,20H,4-5,8-9,11,13-14H2,1-3H3,(H,31,33). The lowest BCUT2D eigenvalue weighted by Crippen LogP contribution is -2.31. The van der Waals surface area contributed by atoms with Crippen molar-refractivity contribution in [3.8, 4) is 0 Å². The number of nitrogens with zero attached hydrogens (tertiary/aromatic N) is 1. The summed E-state index contributed by atoms with van der Waals surface area (Å²) in [4.78, 5) is 14.4. The minimum absolute atomic E-state index is 0.0793. The van der Waals surface area contributed by atoms with Crippen LogP contribution in [0.15, 0.2) is 24.3 Å². The molecule has 1 aliphatic carbocycles. The van der Waals surface area contributed by atoms with Crippen LogP contribution in [0.5, 0.6) is 0 Å². The number of carbonyl (C=O) groups is 1. The number of nitrogens with one attached hydrogen (secondary N) is 1. The number of aryl methyl sites for hydroxylation is 1. The van der Waals surface area contributed by atoms with Crippen molar-refractivity contribution in [2.45, 2.75) is 65.6 Å². The number of anilines is 2. The number of rotatable bonds is 6. The fourth-order valence-corrected chi connectivity index (χ4v) is 5.01. The number of halogens is 4. The molecule has 0 radical (unpaired) electrons.